The molecule has 0 radical (unpaired) electrons. The van der Waals surface area contributed by atoms with E-state index in [-0.39, 0.29) is 6.04 Å². The Morgan fingerprint density at radius 1 is 1.39 bits per heavy atom. The van der Waals surface area contributed by atoms with E-state index in [9.17, 15) is 0 Å². The number of nitrogens with two attached hydrogens (primary N) is 1. The van der Waals surface area contributed by atoms with Crippen LogP contribution in [0.2, 0.25) is 5.02 Å². The Labute approximate surface area is 124 Å². The molecule has 1 unspecified atom stereocenters. The Kier molecular flexibility index (Phi) is 6.64. The molecule has 18 heavy (non-hydrogen) atoms. The predicted molar refractivity (Wildman–Crippen MR) is 83.1 cm³/mol. The van der Waals surface area contributed by atoms with Gasteiger partial charge in [0.05, 0.1) is 0 Å². The highest BCUT2D eigenvalue weighted by atomic mass is 79.9. The SMILES string of the molecule is CCCN(C(C)C)C(CN)c1ccc(Cl)cc1Br. The van der Waals surface area contributed by atoms with Crippen LogP contribution in [0.5, 0.6) is 0 Å². The zero-order chi connectivity index (χ0) is 13.7. The lowest BCUT2D eigenvalue weighted by Crippen LogP contribution is -2.39. The first-order chi connectivity index (χ1) is 8.51. The monoisotopic (exact) mass is 332 g/mol. The van der Waals surface area contributed by atoms with Crippen molar-refractivity contribution in [2.75, 3.05) is 13.1 Å². The van der Waals surface area contributed by atoms with Crippen LogP contribution < -0.4 is 5.73 Å². The van der Waals surface area contributed by atoms with Gasteiger partial charge in [-0.1, -0.05) is 40.5 Å². The van der Waals surface area contributed by atoms with Gasteiger partial charge in [0.25, 0.3) is 0 Å². The molecule has 0 aliphatic carbocycles. The van der Waals surface area contributed by atoms with Gasteiger partial charge in [0.15, 0.2) is 0 Å². The zero-order valence-corrected chi connectivity index (χ0v) is 13.6. The minimum atomic E-state index is 0.233. The van der Waals surface area contributed by atoms with Crippen molar-refractivity contribution in [1.29, 1.82) is 0 Å². The van der Waals surface area contributed by atoms with E-state index in [1.54, 1.807) is 0 Å². The third-order valence-electron chi connectivity index (χ3n) is 3.09. The summed E-state index contributed by atoms with van der Waals surface area (Å²) in [6.45, 7) is 8.27. The molecule has 0 aromatic heterocycles. The number of halogens is 2. The van der Waals surface area contributed by atoms with Crippen molar-refractivity contribution >= 4 is 27.5 Å². The fourth-order valence-corrected chi connectivity index (χ4v) is 3.19. The van der Waals surface area contributed by atoms with E-state index < -0.39 is 0 Å². The first kappa shape index (κ1) is 16.0. The van der Waals surface area contributed by atoms with Crippen LogP contribution in [0.3, 0.4) is 0 Å². The summed E-state index contributed by atoms with van der Waals surface area (Å²) in [5.74, 6) is 0. The van der Waals surface area contributed by atoms with Crippen molar-refractivity contribution in [2.45, 2.75) is 39.3 Å². The van der Waals surface area contributed by atoms with Crippen molar-refractivity contribution in [3.05, 3.63) is 33.3 Å². The van der Waals surface area contributed by atoms with Crippen LogP contribution >= 0.6 is 27.5 Å². The molecule has 0 aliphatic rings. The van der Waals surface area contributed by atoms with Crippen LogP contribution in [0.1, 0.15) is 38.8 Å². The van der Waals surface area contributed by atoms with E-state index in [0.717, 1.165) is 22.5 Å². The van der Waals surface area contributed by atoms with Gasteiger partial charge >= 0.3 is 0 Å². The van der Waals surface area contributed by atoms with Crippen molar-refractivity contribution in [3.8, 4) is 0 Å². The number of benzene rings is 1. The number of rotatable bonds is 6. The van der Waals surface area contributed by atoms with E-state index >= 15 is 0 Å². The van der Waals surface area contributed by atoms with E-state index in [2.05, 4.69) is 47.7 Å². The predicted octanol–water partition coefficient (Wildman–Crippen LogP) is 4.22. The second-order valence-corrected chi connectivity index (χ2v) is 6.04. The van der Waals surface area contributed by atoms with E-state index in [1.165, 1.54) is 5.56 Å². The fourth-order valence-electron chi connectivity index (χ4n) is 2.24. The molecule has 4 heteroatoms. The molecule has 0 amide bonds. The molecule has 0 saturated heterocycles. The third kappa shape index (κ3) is 3.95. The zero-order valence-electron chi connectivity index (χ0n) is 11.3. The molecule has 1 aromatic rings. The minimum Gasteiger partial charge on any atom is -0.329 e. The van der Waals surface area contributed by atoms with E-state index in [4.69, 9.17) is 17.3 Å². The van der Waals surface area contributed by atoms with Crippen LogP contribution in [-0.2, 0) is 0 Å². The van der Waals surface area contributed by atoms with Gasteiger partial charge in [0, 0.05) is 28.1 Å². The first-order valence-corrected chi connectivity index (χ1v) is 7.59. The average Bonchev–Trinajstić information content (AvgIpc) is 2.31. The summed E-state index contributed by atoms with van der Waals surface area (Å²) in [5, 5.41) is 0.744. The summed E-state index contributed by atoms with van der Waals surface area (Å²) in [7, 11) is 0. The third-order valence-corrected chi connectivity index (χ3v) is 4.01. The Bertz CT molecular complexity index is 382. The Balaban J connectivity index is 3.06. The highest BCUT2D eigenvalue weighted by Gasteiger charge is 2.22. The standard InChI is InChI=1S/C14H22BrClN2/c1-4-7-18(10(2)3)14(9-17)12-6-5-11(16)8-13(12)15/h5-6,8,10,14H,4,7,9,17H2,1-3H3. The first-order valence-electron chi connectivity index (χ1n) is 6.42. The normalized spacial score (nSPS) is 13.3. The minimum absolute atomic E-state index is 0.233. The lowest BCUT2D eigenvalue weighted by Gasteiger charge is -2.35. The summed E-state index contributed by atoms with van der Waals surface area (Å²) in [6, 6.07) is 6.63. The lowest BCUT2D eigenvalue weighted by molar-refractivity contribution is 0.157. The molecule has 1 rings (SSSR count). The molecule has 2 N–H and O–H groups in total. The molecule has 0 bridgehead atoms. The smallest absolute Gasteiger partial charge is 0.0484 e. The average molecular weight is 334 g/mol. The Morgan fingerprint density at radius 2 is 2.06 bits per heavy atom. The molecule has 102 valence electrons. The molecular weight excluding hydrogens is 312 g/mol. The maximum atomic E-state index is 5.99. The maximum absolute atomic E-state index is 5.99. The highest BCUT2D eigenvalue weighted by Crippen LogP contribution is 2.30. The summed E-state index contributed by atoms with van der Waals surface area (Å²) >= 11 is 9.58. The van der Waals surface area contributed by atoms with Gasteiger partial charge in [-0.25, -0.2) is 0 Å². The van der Waals surface area contributed by atoms with Gasteiger partial charge in [-0.2, -0.15) is 0 Å². The fraction of sp³-hybridized carbons (Fsp3) is 0.571. The van der Waals surface area contributed by atoms with Crippen LogP contribution in [-0.4, -0.2) is 24.0 Å². The molecule has 1 atom stereocenters. The van der Waals surface area contributed by atoms with E-state index in [1.807, 2.05) is 12.1 Å². The van der Waals surface area contributed by atoms with Crippen LogP contribution in [0.25, 0.3) is 0 Å². The molecule has 0 fully saturated rings. The van der Waals surface area contributed by atoms with Crippen molar-refractivity contribution in [1.82, 2.24) is 4.90 Å². The quantitative estimate of drug-likeness (QED) is 0.844. The van der Waals surface area contributed by atoms with E-state index in [0.29, 0.717) is 12.6 Å². The van der Waals surface area contributed by atoms with Crippen molar-refractivity contribution in [2.24, 2.45) is 5.73 Å². The van der Waals surface area contributed by atoms with Crippen LogP contribution in [0.4, 0.5) is 0 Å². The van der Waals surface area contributed by atoms with Gasteiger partial charge in [0.1, 0.15) is 0 Å². The van der Waals surface area contributed by atoms with Crippen LogP contribution in [0.15, 0.2) is 22.7 Å². The largest absolute Gasteiger partial charge is 0.329 e. The Hall–Kier alpha value is -0.0900. The molecule has 0 aliphatic heterocycles. The molecule has 1 aromatic carbocycles. The summed E-state index contributed by atoms with van der Waals surface area (Å²) < 4.78 is 1.03. The van der Waals surface area contributed by atoms with Gasteiger partial charge in [-0.15, -0.1) is 0 Å². The van der Waals surface area contributed by atoms with Gasteiger partial charge < -0.3 is 5.73 Å². The Morgan fingerprint density at radius 3 is 2.50 bits per heavy atom. The lowest BCUT2D eigenvalue weighted by atomic mass is 10.0. The second-order valence-electron chi connectivity index (χ2n) is 4.75. The van der Waals surface area contributed by atoms with Crippen molar-refractivity contribution in [3.63, 3.8) is 0 Å². The molecular formula is C14H22BrClN2. The highest BCUT2D eigenvalue weighted by molar-refractivity contribution is 9.10. The molecule has 0 saturated carbocycles. The summed E-state index contributed by atoms with van der Waals surface area (Å²) in [5.41, 5.74) is 7.20. The topological polar surface area (TPSA) is 29.3 Å². The van der Waals surface area contributed by atoms with Gasteiger partial charge in [-0.05, 0) is 44.5 Å². The number of hydrogen-bond donors (Lipinski definition) is 1. The summed E-state index contributed by atoms with van der Waals surface area (Å²) in [6.07, 6.45) is 1.12. The molecule has 2 nitrogen and oxygen atoms in total. The van der Waals surface area contributed by atoms with Crippen molar-refractivity contribution < 1.29 is 0 Å². The van der Waals surface area contributed by atoms with Gasteiger partial charge in [0.2, 0.25) is 0 Å². The molecule has 0 spiro atoms. The second kappa shape index (κ2) is 7.49. The summed E-state index contributed by atoms with van der Waals surface area (Å²) in [4.78, 5) is 2.44. The molecule has 0 heterocycles. The number of hydrogen-bond acceptors (Lipinski definition) is 2. The van der Waals surface area contributed by atoms with Crippen LogP contribution in [0, 0.1) is 0 Å². The number of nitrogens with zero attached hydrogens (tertiary/aromatic N) is 1. The maximum Gasteiger partial charge on any atom is 0.0484 e. The van der Waals surface area contributed by atoms with Gasteiger partial charge in [-0.3, -0.25) is 4.90 Å².